The second kappa shape index (κ2) is 6.24. The molecule has 2 rings (SSSR count). The molecule has 0 fully saturated rings. The van der Waals surface area contributed by atoms with Crippen molar-refractivity contribution in [2.24, 2.45) is 0 Å². The Bertz CT molecular complexity index is 541. The van der Waals surface area contributed by atoms with E-state index in [1.165, 1.54) is 12.4 Å². The molecule has 0 saturated heterocycles. The summed E-state index contributed by atoms with van der Waals surface area (Å²) in [6.45, 7) is 0.252. The molecule has 1 aromatic carbocycles. The Morgan fingerprint density at radius 3 is 2.37 bits per heavy atom. The number of ether oxygens (including phenoxy) is 3. The van der Waals surface area contributed by atoms with E-state index in [0.717, 1.165) is 5.56 Å². The highest BCUT2D eigenvalue weighted by molar-refractivity contribution is 6.29. The molecule has 0 amide bonds. The lowest BCUT2D eigenvalue weighted by Crippen LogP contribution is -2.03. The molecule has 0 N–H and O–H groups in total. The zero-order valence-electron chi connectivity index (χ0n) is 10.6. The van der Waals surface area contributed by atoms with Gasteiger partial charge in [-0.05, 0) is 12.1 Å². The normalized spacial score (nSPS) is 10.1. The lowest BCUT2D eigenvalue weighted by molar-refractivity contribution is 0.275. The summed E-state index contributed by atoms with van der Waals surface area (Å²) in [6, 6.07) is 5.52. The molecule has 6 heteroatoms. The second-order valence-electron chi connectivity index (χ2n) is 3.61. The van der Waals surface area contributed by atoms with Crippen LogP contribution >= 0.6 is 11.6 Å². The molecule has 19 heavy (non-hydrogen) atoms. The van der Waals surface area contributed by atoms with Crippen LogP contribution in [0.1, 0.15) is 5.56 Å². The summed E-state index contributed by atoms with van der Waals surface area (Å²) in [5, 5.41) is 0.282. The van der Waals surface area contributed by atoms with E-state index in [1.54, 1.807) is 14.2 Å². The van der Waals surface area contributed by atoms with Crippen molar-refractivity contribution in [1.29, 1.82) is 0 Å². The lowest BCUT2D eigenvalue weighted by atomic mass is 10.2. The van der Waals surface area contributed by atoms with Crippen LogP contribution in [0.4, 0.5) is 0 Å². The van der Waals surface area contributed by atoms with E-state index in [4.69, 9.17) is 25.8 Å². The molecule has 2 aromatic rings. The Labute approximate surface area is 116 Å². The molecular weight excluding hydrogens is 268 g/mol. The van der Waals surface area contributed by atoms with Gasteiger partial charge in [-0.3, -0.25) is 4.98 Å². The molecule has 0 aliphatic rings. The van der Waals surface area contributed by atoms with Crippen molar-refractivity contribution in [3.8, 4) is 17.4 Å². The monoisotopic (exact) mass is 280 g/mol. The first-order chi connectivity index (χ1) is 9.24. The molecule has 0 aliphatic carbocycles. The molecule has 100 valence electrons. The molecule has 0 spiro atoms. The van der Waals surface area contributed by atoms with E-state index in [1.807, 2.05) is 18.2 Å². The van der Waals surface area contributed by atoms with E-state index in [9.17, 15) is 0 Å². The Hall–Kier alpha value is -2.01. The van der Waals surface area contributed by atoms with Crippen LogP contribution in [0.2, 0.25) is 5.15 Å². The van der Waals surface area contributed by atoms with Crippen LogP contribution in [0.25, 0.3) is 0 Å². The number of nitrogens with zero attached hydrogens (tertiary/aromatic N) is 2. The van der Waals surface area contributed by atoms with Gasteiger partial charge in [0.2, 0.25) is 5.88 Å². The molecule has 1 heterocycles. The Morgan fingerprint density at radius 1 is 1.11 bits per heavy atom. The summed E-state index contributed by atoms with van der Waals surface area (Å²) in [5.74, 6) is 1.73. The largest absolute Gasteiger partial charge is 0.496 e. The van der Waals surface area contributed by atoms with Gasteiger partial charge < -0.3 is 14.2 Å². The Morgan fingerprint density at radius 2 is 1.79 bits per heavy atom. The van der Waals surface area contributed by atoms with E-state index < -0.39 is 0 Å². The number of hydrogen-bond acceptors (Lipinski definition) is 5. The standard InChI is InChI=1S/C13H13ClN2O3/c1-17-10-4-3-5-11(18-2)9(10)8-19-13-7-15-6-12(14)16-13/h3-7H,8H2,1-2H3. The van der Waals surface area contributed by atoms with Crippen LogP contribution in [-0.4, -0.2) is 24.2 Å². The average Bonchev–Trinajstić information content (AvgIpc) is 2.44. The quantitative estimate of drug-likeness (QED) is 0.843. The third-order valence-electron chi connectivity index (χ3n) is 2.48. The van der Waals surface area contributed by atoms with Gasteiger partial charge in [0.05, 0.1) is 32.2 Å². The fourth-order valence-corrected chi connectivity index (χ4v) is 1.75. The van der Waals surface area contributed by atoms with Crippen molar-refractivity contribution < 1.29 is 14.2 Å². The third-order valence-corrected chi connectivity index (χ3v) is 2.66. The van der Waals surface area contributed by atoms with Gasteiger partial charge in [-0.15, -0.1) is 0 Å². The van der Waals surface area contributed by atoms with Crippen LogP contribution in [0.15, 0.2) is 30.6 Å². The maximum absolute atomic E-state index is 5.74. The fourth-order valence-electron chi connectivity index (χ4n) is 1.61. The number of benzene rings is 1. The second-order valence-corrected chi connectivity index (χ2v) is 4.00. The first kappa shape index (κ1) is 13.4. The molecular formula is C13H13ClN2O3. The number of methoxy groups -OCH3 is 2. The molecule has 0 bridgehead atoms. The Kier molecular flexibility index (Phi) is 4.41. The first-order valence-corrected chi connectivity index (χ1v) is 5.92. The highest BCUT2D eigenvalue weighted by Crippen LogP contribution is 2.29. The van der Waals surface area contributed by atoms with Crippen LogP contribution in [0.5, 0.6) is 17.4 Å². The zero-order chi connectivity index (χ0) is 13.7. The van der Waals surface area contributed by atoms with Crippen LogP contribution < -0.4 is 14.2 Å². The number of rotatable bonds is 5. The third kappa shape index (κ3) is 3.26. The molecule has 0 unspecified atom stereocenters. The minimum atomic E-state index is 0.252. The Balaban J connectivity index is 2.19. The fraction of sp³-hybridized carbons (Fsp3) is 0.231. The highest BCUT2D eigenvalue weighted by atomic mass is 35.5. The van der Waals surface area contributed by atoms with Crippen molar-refractivity contribution in [2.75, 3.05) is 14.2 Å². The molecule has 0 atom stereocenters. The van der Waals surface area contributed by atoms with Crippen LogP contribution in [-0.2, 0) is 6.61 Å². The first-order valence-electron chi connectivity index (χ1n) is 5.55. The minimum absolute atomic E-state index is 0.252. The number of hydrogen-bond donors (Lipinski definition) is 0. The van der Waals surface area contributed by atoms with Crippen LogP contribution in [0, 0.1) is 0 Å². The maximum atomic E-state index is 5.74. The zero-order valence-corrected chi connectivity index (χ0v) is 11.3. The lowest BCUT2D eigenvalue weighted by Gasteiger charge is -2.13. The summed E-state index contributed by atoms with van der Waals surface area (Å²) in [4.78, 5) is 7.90. The summed E-state index contributed by atoms with van der Waals surface area (Å²) < 4.78 is 16.1. The number of aromatic nitrogens is 2. The van der Waals surface area contributed by atoms with E-state index >= 15 is 0 Å². The van der Waals surface area contributed by atoms with Crippen molar-refractivity contribution in [3.63, 3.8) is 0 Å². The van der Waals surface area contributed by atoms with Gasteiger partial charge in [0.1, 0.15) is 18.1 Å². The van der Waals surface area contributed by atoms with Crippen molar-refractivity contribution in [2.45, 2.75) is 6.61 Å². The topological polar surface area (TPSA) is 53.5 Å². The summed E-state index contributed by atoms with van der Waals surface area (Å²) in [7, 11) is 3.19. The summed E-state index contributed by atoms with van der Waals surface area (Å²) >= 11 is 5.74. The van der Waals surface area contributed by atoms with Gasteiger partial charge in [-0.2, -0.15) is 4.98 Å². The van der Waals surface area contributed by atoms with Gasteiger partial charge in [0.15, 0.2) is 5.15 Å². The van der Waals surface area contributed by atoms with Crippen molar-refractivity contribution in [3.05, 3.63) is 41.3 Å². The van der Waals surface area contributed by atoms with Crippen molar-refractivity contribution >= 4 is 11.6 Å². The van der Waals surface area contributed by atoms with Gasteiger partial charge >= 0.3 is 0 Å². The molecule has 5 nitrogen and oxygen atoms in total. The average molecular weight is 281 g/mol. The van der Waals surface area contributed by atoms with E-state index in [-0.39, 0.29) is 11.8 Å². The molecule has 0 radical (unpaired) electrons. The maximum Gasteiger partial charge on any atom is 0.234 e. The number of halogens is 1. The minimum Gasteiger partial charge on any atom is -0.496 e. The predicted molar refractivity (Wildman–Crippen MR) is 70.9 cm³/mol. The van der Waals surface area contributed by atoms with Gasteiger partial charge in [0, 0.05) is 0 Å². The SMILES string of the molecule is COc1cccc(OC)c1COc1cncc(Cl)n1. The molecule has 1 aromatic heterocycles. The summed E-state index contributed by atoms with van der Waals surface area (Å²) in [5.41, 5.74) is 0.800. The van der Waals surface area contributed by atoms with E-state index in [2.05, 4.69) is 9.97 Å². The van der Waals surface area contributed by atoms with E-state index in [0.29, 0.717) is 17.4 Å². The van der Waals surface area contributed by atoms with Crippen LogP contribution in [0.3, 0.4) is 0 Å². The predicted octanol–water partition coefficient (Wildman–Crippen LogP) is 2.73. The van der Waals surface area contributed by atoms with Gasteiger partial charge in [0.25, 0.3) is 0 Å². The molecule has 0 aliphatic heterocycles. The van der Waals surface area contributed by atoms with Gasteiger partial charge in [-0.1, -0.05) is 17.7 Å². The smallest absolute Gasteiger partial charge is 0.234 e. The molecule has 0 saturated carbocycles. The summed E-state index contributed by atoms with van der Waals surface area (Å²) in [6.07, 6.45) is 2.94. The highest BCUT2D eigenvalue weighted by Gasteiger charge is 2.11. The van der Waals surface area contributed by atoms with Gasteiger partial charge in [-0.25, -0.2) is 0 Å². The van der Waals surface area contributed by atoms with Crippen molar-refractivity contribution in [1.82, 2.24) is 9.97 Å².